The summed E-state index contributed by atoms with van der Waals surface area (Å²) >= 11 is 0. The van der Waals surface area contributed by atoms with Crippen molar-refractivity contribution in [2.45, 2.75) is 19.3 Å². The van der Waals surface area contributed by atoms with Gasteiger partial charge >= 0.3 is 5.97 Å². The molecule has 15 heavy (non-hydrogen) atoms. The van der Waals surface area contributed by atoms with Crippen molar-refractivity contribution in [3.05, 3.63) is 35.9 Å². The third-order valence-corrected chi connectivity index (χ3v) is 2.26. The van der Waals surface area contributed by atoms with E-state index in [0.717, 1.165) is 5.56 Å². The highest BCUT2D eigenvalue weighted by Gasteiger charge is 2.10. The first-order valence-corrected chi connectivity index (χ1v) is 5.03. The van der Waals surface area contributed by atoms with Gasteiger partial charge in [-0.15, -0.1) is 0 Å². The largest absolute Gasteiger partial charge is 0.466 e. The molecule has 0 aliphatic rings. The van der Waals surface area contributed by atoms with E-state index in [0.29, 0.717) is 13.0 Å². The zero-order valence-electron chi connectivity index (χ0n) is 8.85. The van der Waals surface area contributed by atoms with Gasteiger partial charge < -0.3 is 9.84 Å². The van der Waals surface area contributed by atoms with Gasteiger partial charge in [0.1, 0.15) is 0 Å². The Labute approximate surface area is 89.7 Å². The van der Waals surface area contributed by atoms with Crippen molar-refractivity contribution in [2.24, 2.45) is 0 Å². The lowest BCUT2D eigenvalue weighted by Crippen LogP contribution is -2.09. The monoisotopic (exact) mass is 208 g/mol. The predicted molar refractivity (Wildman–Crippen MR) is 57.5 cm³/mol. The molecule has 0 saturated heterocycles. The first-order chi connectivity index (χ1) is 7.24. The highest BCUT2D eigenvalue weighted by atomic mass is 16.5. The third kappa shape index (κ3) is 4.13. The van der Waals surface area contributed by atoms with Crippen molar-refractivity contribution < 1.29 is 14.6 Å². The molecule has 1 N–H and O–H groups in total. The number of esters is 1. The molecule has 0 spiro atoms. The summed E-state index contributed by atoms with van der Waals surface area (Å²) in [6.45, 7) is 1.82. The summed E-state index contributed by atoms with van der Waals surface area (Å²) in [7, 11) is 0. The summed E-state index contributed by atoms with van der Waals surface area (Å²) in [5.41, 5.74) is 1.08. The molecule has 0 aliphatic heterocycles. The number of aliphatic hydroxyl groups is 1. The molecule has 1 rings (SSSR count). The molecular weight excluding hydrogens is 192 g/mol. The smallest absolute Gasteiger partial charge is 0.302 e. The Hall–Kier alpha value is -1.35. The minimum absolute atomic E-state index is 0.0468. The van der Waals surface area contributed by atoms with Crippen LogP contribution in [0.2, 0.25) is 0 Å². The van der Waals surface area contributed by atoms with Crippen LogP contribution in [0.25, 0.3) is 0 Å². The van der Waals surface area contributed by atoms with E-state index in [1.54, 1.807) is 0 Å². The topological polar surface area (TPSA) is 46.5 Å². The van der Waals surface area contributed by atoms with Crippen molar-refractivity contribution in [3.63, 3.8) is 0 Å². The number of carbonyl (C=O) groups is 1. The number of hydrogen-bond donors (Lipinski definition) is 1. The Morgan fingerprint density at radius 1 is 1.40 bits per heavy atom. The number of hydrogen-bond acceptors (Lipinski definition) is 3. The van der Waals surface area contributed by atoms with Crippen LogP contribution in [0.5, 0.6) is 0 Å². The SMILES string of the molecule is CC(=O)OCC[C@@H](CO)c1ccccc1. The van der Waals surface area contributed by atoms with E-state index < -0.39 is 0 Å². The fraction of sp³-hybridized carbons (Fsp3) is 0.417. The van der Waals surface area contributed by atoms with Crippen LogP contribution in [-0.4, -0.2) is 24.3 Å². The van der Waals surface area contributed by atoms with Gasteiger partial charge in [0, 0.05) is 12.8 Å². The molecule has 0 radical (unpaired) electrons. The van der Waals surface area contributed by atoms with E-state index in [1.807, 2.05) is 30.3 Å². The van der Waals surface area contributed by atoms with Gasteiger partial charge in [-0.3, -0.25) is 4.79 Å². The van der Waals surface area contributed by atoms with Crippen LogP contribution in [-0.2, 0) is 9.53 Å². The maximum Gasteiger partial charge on any atom is 0.302 e. The normalized spacial score (nSPS) is 12.1. The van der Waals surface area contributed by atoms with Crippen LogP contribution in [0, 0.1) is 0 Å². The lowest BCUT2D eigenvalue weighted by atomic mass is 9.97. The van der Waals surface area contributed by atoms with Crippen LogP contribution in [0.4, 0.5) is 0 Å². The van der Waals surface area contributed by atoms with E-state index in [1.165, 1.54) is 6.92 Å². The minimum Gasteiger partial charge on any atom is -0.466 e. The Bertz CT molecular complexity index is 295. The molecule has 0 bridgehead atoms. The van der Waals surface area contributed by atoms with Gasteiger partial charge in [0.2, 0.25) is 0 Å². The highest BCUT2D eigenvalue weighted by molar-refractivity contribution is 5.65. The van der Waals surface area contributed by atoms with Gasteiger partial charge in [-0.1, -0.05) is 30.3 Å². The molecule has 0 amide bonds. The maximum atomic E-state index is 10.6. The van der Waals surface area contributed by atoms with Crippen LogP contribution in [0.3, 0.4) is 0 Å². The van der Waals surface area contributed by atoms with Gasteiger partial charge in [-0.2, -0.15) is 0 Å². The van der Waals surface area contributed by atoms with Gasteiger partial charge in [0.15, 0.2) is 0 Å². The molecular formula is C12H16O3. The summed E-state index contributed by atoms with van der Waals surface area (Å²) in [5, 5.41) is 9.20. The molecule has 0 heterocycles. The standard InChI is InChI=1S/C12H16O3/c1-10(14)15-8-7-12(9-13)11-5-3-2-4-6-11/h2-6,12-13H,7-9H2,1H3/t12-/m0/s1. The molecule has 3 nitrogen and oxygen atoms in total. The Morgan fingerprint density at radius 2 is 2.07 bits per heavy atom. The Morgan fingerprint density at radius 3 is 2.60 bits per heavy atom. The van der Waals surface area contributed by atoms with Gasteiger partial charge in [-0.25, -0.2) is 0 Å². The van der Waals surface area contributed by atoms with Crippen LogP contribution >= 0.6 is 0 Å². The maximum absolute atomic E-state index is 10.6. The van der Waals surface area contributed by atoms with Crippen molar-refractivity contribution in [3.8, 4) is 0 Å². The zero-order chi connectivity index (χ0) is 11.1. The van der Waals surface area contributed by atoms with E-state index in [9.17, 15) is 9.90 Å². The average Bonchev–Trinajstić information content (AvgIpc) is 2.25. The number of aliphatic hydroxyl groups excluding tert-OH is 1. The quantitative estimate of drug-likeness (QED) is 0.749. The second-order valence-corrected chi connectivity index (χ2v) is 3.42. The summed E-state index contributed by atoms with van der Waals surface area (Å²) in [5.74, 6) is -0.231. The molecule has 82 valence electrons. The first kappa shape index (κ1) is 11.7. The van der Waals surface area contributed by atoms with E-state index in [2.05, 4.69) is 0 Å². The number of rotatable bonds is 5. The number of benzene rings is 1. The fourth-order valence-electron chi connectivity index (χ4n) is 1.43. The lowest BCUT2D eigenvalue weighted by Gasteiger charge is -2.13. The van der Waals surface area contributed by atoms with Crippen LogP contribution in [0.15, 0.2) is 30.3 Å². The van der Waals surface area contributed by atoms with Crippen molar-refractivity contribution >= 4 is 5.97 Å². The van der Waals surface area contributed by atoms with E-state index in [4.69, 9.17) is 4.74 Å². The van der Waals surface area contributed by atoms with Crippen LogP contribution in [0.1, 0.15) is 24.8 Å². The second kappa shape index (κ2) is 6.19. The summed E-state index contributed by atoms with van der Waals surface area (Å²) in [6.07, 6.45) is 0.653. The summed E-state index contributed by atoms with van der Waals surface area (Å²) < 4.78 is 4.85. The zero-order valence-corrected chi connectivity index (χ0v) is 8.85. The first-order valence-electron chi connectivity index (χ1n) is 5.03. The molecule has 0 aromatic heterocycles. The fourth-order valence-corrected chi connectivity index (χ4v) is 1.43. The number of carbonyl (C=O) groups excluding carboxylic acids is 1. The van der Waals surface area contributed by atoms with Crippen LogP contribution < -0.4 is 0 Å². The lowest BCUT2D eigenvalue weighted by molar-refractivity contribution is -0.141. The predicted octanol–water partition coefficient (Wildman–Crippen LogP) is 1.72. The van der Waals surface area contributed by atoms with Gasteiger partial charge in [0.25, 0.3) is 0 Å². The summed E-state index contributed by atoms with van der Waals surface area (Å²) in [6, 6.07) is 9.74. The molecule has 0 aliphatic carbocycles. The molecule has 3 heteroatoms. The Balaban J connectivity index is 2.46. The highest BCUT2D eigenvalue weighted by Crippen LogP contribution is 2.18. The molecule has 0 fully saturated rings. The van der Waals surface area contributed by atoms with Crippen molar-refractivity contribution in [1.82, 2.24) is 0 Å². The van der Waals surface area contributed by atoms with Gasteiger partial charge in [-0.05, 0) is 12.0 Å². The Kier molecular flexibility index (Phi) is 4.84. The van der Waals surface area contributed by atoms with Crippen molar-refractivity contribution in [2.75, 3.05) is 13.2 Å². The average molecular weight is 208 g/mol. The van der Waals surface area contributed by atoms with E-state index in [-0.39, 0.29) is 18.5 Å². The molecule has 1 atom stereocenters. The number of ether oxygens (including phenoxy) is 1. The van der Waals surface area contributed by atoms with Crippen molar-refractivity contribution in [1.29, 1.82) is 0 Å². The molecule has 0 unspecified atom stereocenters. The second-order valence-electron chi connectivity index (χ2n) is 3.42. The molecule has 1 aromatic rings. The van der Waals surface area contributed by atoms with Gasteiger partial charge in [0.05, 0.1) is 13.2 Å². The van der Waals surface area contributed by atoms with E-state index >= 15 is 0 Å². The molecule has 0 saturated carbocycles. The third-order valence-electron chi connectivity index (χ3n) is 2.26. The minimum atomic E-state index is -0.278. The molecule has 1 aromatic carbocycles. The summed E-state index contributed by atoms with van der Waals surface area (Å²) in [4.78, 5) is 10.6.